The Balaban J connectivity index is 4.80. The lowest BCUT2D eigenvalue weighted by molar-refractivity contribution is -0.157. The van der Waals surface area contributed by atoms with Gasteiger partial charge in [-0.1, -0.05) is 79.9 Å². The van der Waals surface area contributed by atoms with Crippen molar-refractivity contribution in [1.82, 2.24) is 0 Å². The van der Waals surface area contributed by atoms with Crippen LogP contribution in [0.2, 0.25) is 37.3 Å². The third kappa shape index (κ3) is 9.93. The highest BCUT2D eigenvalue weighted by Crippen LogP contribution is 2.49. The van der Waals surface area contributed by atoms with E-state index < -0.39 is 40.2 Å². The van der Waals surface area contributed by atoms with Gasteiger partial charge in [-0.05, 0) is 44.3 Å². The molecule has 0 heterocycles. The van der Waals surface area contributed by atoms with Crippen molar-refractivity contribution in [3.05, 3.63) is 0 Å². The summed E-state index contributed by atoms with van der Waals surface area (Å²) in [4.78, 5) is 23.0. The summed E-state index contributed by atoms with van der Waals surface area (Å²) in [7, 11) is -3.57. The van der Waals surface area contributed by atoms with E-state index in [9.17, 15) is 9.59 Å². The van der Waals surface area contributed by atoms with E-state index in [1.54, 1.807) is 6.92 Å². The number of esters is 1. The Hall–Kier alpha value is -0.706. The van der Waals surface area contributed by atoms with Crippen LogP contribution in [0, 0.1) is 11.8 Å². The van der Waals surface area contributed by atoms with Crippen molar-refractivity contribution in [2.24, 2.45) is 11.8 Å². The van der Waals surface area contributed by atoms with Crippen molar-refractivity contribution in [2.75, 3.05) is 19.8 Å². The average Bonchev–Trinajstić information content (AvgIpc) is 2.79. The molecule has 1 N–H and O–H groups in total. The Bertz CT molecular complexity index is 654. The highest BCUT2D eigenvalue weighted by Gasteiger charge is 2.51. The van der Waals surface area contributed by atoms with Crippen molar-refractivity contribution in [1.29, 1.82) is 0 Å². The van der Waals surface area contributed by atoms with E-state index in [0.717, 1.165) is 25.7 Å². The van der Waals surface area contributed by atoms with Crippen molar-refractivity contribution < 1.29 is 28.6 Å². The van der Waals surface area contributed by atoms with Crippen LogP contribution < -0.4 is 0 Å². The first-order valence-electron chi connectivity index (χ1n) is 13.7. The molecular formula is C27H56O6Si2. The van der Waals surface area contributed by atoms with Crippen LogP contribution in [0.25, 0.3) is 0 Å². The lowest BCUT2D eigenvalue weighted by Crippen LogP contribution is -2.60. The molecule has 0 aliphatic rings. The molecule has 0 aromatic rings. The van der Waals surface area contributed by atoms with Gasteiger partial charge in [-0.3, -0.25) is 9.59 Å². The predicted molar refractivity (Wildman–Crippen MR) is 150 cm³/mol. The Kier molecular flexibility index (Phi) is 14.6. The molecule has 0 aromatic carbocycles. The number of rotatable bonds is 19. The van der Waals surface area contributed by atoms with Gasteiger partial charge in [0, 0.05) is 11.8 Å². The molecule has 4 unspecified atom stereocenters. The van der Waals surface area contributed by atoms with Gasteiger partial charge in [0.1, 0.15) is 6.61 Å². The highest BCUT2D eigenvalue weighted by molar-refractivity contribution is 6.82. The molecular weight excluding hydrogens is 476 g/mol. The Labute approximate surface area is 218 Å². The van der Waals surface area contributed by atoms with E-state index in [2.05, 4.69) is 60.8 Å². The molecule has 0 saturated heterocycles. The number of carbonyl (C=O) groups is 2. The van der Waals surface area contributed by atoms with Gasteiger partial charge in [0.25, 0.3) is 0 Å². The SMILES string of the molecule is CCCC[Si](C)(C)C(C)(CC)O[Si](C)(C)C(C)(CC)CCCOCCOC(=O)C(C)C(C)C(=O)O. The number of carboxylic acids is 1. The first-order valence-corrected chi connectivity index (χ1v) is 19.8. The maximum absolute atomic E-state index is 12.0. The van der Waals surface area contributed by atoms with Crippen LogP contribution in [0.4, 0.5) is 0 Å². The van der Waals surface area contributed by atoms with Gasteiger partial charge in [-0.25, -0.2) is 0 Å². The predicted octanol–water partition coefficient (Wildman–Crippen LogP) is 7.29. The second-order valence-corrected chi connectivity index (χ2v) is 21.7. The molecule has 0 aromatic heterocycles. The van der Waals surface area contributed by atoms with Crippen LogP contribution in [0.3, 0.4) is 0 Å². The third-order valence-corrected chi connectivity index (χ3v) is 18.6. The second kappa shape index (κ2) is 14.9. The summed E-state index contributed by atoms with van der Waals surface area (Å²) in [5, 5.41) is 9.17. The molecule has 0 fully saturated rings. The van der Waals surface area contributed by atoms with Crippen LogP contribution in [-0.2, 0) is 23.5 Å². The maximum Gasteiger partial charge on any atom is 0.309 e. The molecule has 0 aliphatic carbocycles. The van der Waals surface area contributed by atoms with Crippen LogP contribution in [0.5, 0.6) is 0 Å². The molecule has 0 rings (SSSR count). The standard InChI is InChI=1S/C27H56O6Si2/c1-12-15-21-34(8,9)27(7,14-3)33-35(10,11)26(6,13-2)17-16-18-31-19-20-32-25(30)23(5)22(4)24(28)29/h22-23H,12-21H2,1-11H3,(H,28,29). The van der Waals surface area contributed by atoms with Crippen LogP contribution in [0.15, 0.2) is 0 Å². The minimum Gasteiger partial charge on any atom is -0.481 e. The molecule has 6 nitrogen and oxygen atoms in total. The van der Waals surface area contributed by atoms with Crippen molar-refractivity contribution in [3.8, 4) is 0 Å². The minimum atomic E-state index is -2.02. The summed E-state index contributed by atoms with van der Waals surface area (Å²) in [5.41, 5.74) is 0. The smallest absolute Gasteiger partial charge is 0.309 e. The van der Waals surface area contributed by atoms with Gasteiger partial charge >= 0.3 is 11.9 Å². The maximum atomic E-state index is 12.0. The fourth-order valence-corrected chi connectivity index (χ4v) is 12.3. The first kappa shape index (κ1) is 34.3. The zero-order chi connectivity index (χ0) is 27.5. The number of ether oxygens (including phenoxy) is 2. The molecule has 0 radical (unpaired) electrons. The van der Waals surface area contributed by atoms with E-state index in [-0.39, 0.29) is 16.9 Å². The lowest BCUT2D eigenvalue weighted by atomic mass is 9.96. The van der Waals surface area contributed by atoms with Crippen molar-refractivity contribution in [2.45, 2.75) is 129 Å². The molecule has 0 saturated carbocycles. The van der Waals surface area contributed by atoms with E-state index in [1.165, 1.54) is 25.8 Å². The molecule has 0 spiro atoms. The number of hydrogen-bond acceptors (Lipinski definition) is 5. The average molecular weight is 533 g/mol. The molecule has 0 aliphatic heterocycles. The van der Waals surface area contributed by atoms with Crippen LogP contribution >= 0.6 is 0 Å². The molecule has 0 bridgehead atoms. The summed E-state index contributed by atoms with van der Waals surface area (Å²) in [6, 6.07) is 1.31. The number of aliphatic carboxylic acids is 1. The highest BCUT2D eigenvalue weighted by atomic mass is 28.4. The summed E-state index contributed by atoms with van der Waals surface area (Å²) >= 11 is 0. The molecule has 0 amide bonds. The third-order valence-electron chi connectivity index (χ3n) is 8.98. The fraction of sp³-hybridized carbons (Fsp3) is 0.926. The quantitative estimate of drug-likeness (QED) is 0.107. The summed E-state index contributed by atoms with van der Waals surface area (Å²) in [6.07, 6.45) is 6.66. The van der Waals surface area contributed by atoms with Crippen LogP contribution in [-0.4, -0.2) is 58.5 Å². The Morgan fingerprint density at radius 1 is 0.886 bits per heavy atom. The van der Waals surface area contributed by atoms with E-state index >= 15 is 0 Å². The normalized spacial score (nSPS) is 17.8. The summed E-state index contributed by atoms with van der Waals surface area (Å²) in [5.74, 6) is -2.92. The molecule has 208 valence electrons. The lowest BCUT2D eigenvalue weighted by Gasteiger charge is -2.52. The van der Waals surface area contributed by atoms with Gasteiger partial charge < -0.3 is 19.0 Å². The number of carboxylic acid groups (broad SMARTS) is 1. The van der Waals surface area contributed by atoms with Gasteiger partial charge in [-0.15, -0.1) is 0 Å². The minimum absolute atomic E-state index is 0.00995. The van der Waals surface area contributed by atoms with E-state index in [1.807, 2.05) is 0 Å². The van der Waals surface area contributed by atoms with Gasteiger partial charge in [-0.2, -0.15) is 0 Å². The topological polar surface area (TPSA) is 82.1 Å². The van der Waals surface area contributed by atoms with E-state index in [4.69, 9.17) is 19.0 Å². The summed E-state index contributed by atoms with van der Waals surface area (Å²) < 4.78 is 18.2. The molecule has 35 heavy (non-hydrogen) atoms. The first-order chi connectivity index (χ1) is 16.0. The number of hydrogen-bond donors (Lipinski definition) is 1. The largest absolute Gasteiger partial charge is 0.481 e. The van der Waals surface area contributed by atoms with Crippen LogP contribution in [0.1, 0.15) is 87.0 Å². The summed E-state index contributed by atoms with van der Waals surface area (Å²) in [6.45, 7) is 25.6. The monoisotopic (exact) mass is 532 g/mol. The fourth-order valence-electron chi connectivity index (χ4n) is 4.58. The zero-order valence-corrected chi connectivity index (χ0v) is 26.7. The number of carbonyl (C=O) groups excluding carboxylic acids is 1. The van der Waals surface area contributed by atoms with Crippen molar-refractivity contribution in [3.63, 3.8) is 0 Å². The molecule has 8 heteroatoms. The second-order valence-electron chi connectivity index (χ2n) is 11.9. The zero-order valence-electron chi connectivity index (χ0n) is 24.7. The van der Waals surface area contributed by atoms with Gasteiger partial charge in [0.05, 0.1) is 26.5 Å². The molecule has 4 atom stereocenters. The van der Waals surface area contributed by atoms with Crippen molar-refractivity contribution >= 4 is 28.3 Å². The number of unbranched alkanes of at least 4 members (excludes halogenated alkanes) is 1. The Morgan fingerprint density at radius 2 is 1.49 bits per heavy atom. The van der Waals surface area contributed by atoms with Gasteiger partial charge in [0.2, 0.25) is 0 Å². The Morgan fingerprint density at radius 3 is 1.97 bits per heavy atom. The van der Waals surface area contributed by atoms with E-state index in [0.29, 0.717) is 13.2 Å². The van der Waals surface area contributed by atoms with Gasteiger partial charge in [0.15, 0.2) is 8.32 Å².